The predicted molar refractivity (Wildman–Crippen MR) is 62.3 cm³/mol. The number of nitrogens with two attached hydrogens (primary N) is 1. The van der Waals surface area contributed by atoms with Crippen LogP contribution in [-0.4, -0.2) is 9.97 Å². The van der Waals surface area contributed by atoms with Gasteiger partial charge in [0.05, 0.1) is 16.7 Å². The summed E-state index contributed by atoms with van der Waals surface area (Å²) in [6, 6.07) is 6.00. The van der Waals surface area contributed by atoms with Crippen LogP contribution in [0.4, 0.5) is 0 Å². The summed E-state index contributed by atoms with van der Waals surface area (Å²) in [5.41, 5.74) is 7.91. The maximum Gasteiger partial charge on any atom is 0.116 e. The molecule has 2 N–H and O–H groups in total. The van der Waals surface area contributed by atoms with Crippen LogP contribution in [0, 0.1) is 0 Å². The molecule has 0 atom stereocenters. The molecule has 1 saturated carbocycles. The monoisotopic (exact) mass is 263 g/mol. The van der Waals surface area contributed by atoms with E-state index in [0.29, 0.717) is 0 Å². The quantitative estimate of drug-likeness (QED) is 0.860. The molecular formula is C11H10BrN3. The van der Waals surface area contributed by atoms with Crippen LogP contribution >= 0.6 is 15.9 Å². The maximum absolute atomic E-state index is 6.18. The molecule has 0 saturated heterocycles. The summed E-state index contributed by atoms with van der Waals surface area (Å²) in [6.07, 6.45) is 3.63. The van der Waals surface area contributed by atoms with Gasteiger partial charge in [-0.15, -0.1) is 0 Å². The van der Waals surface area contributed by atoms with Crippen molar-refractivity contribution in [3.63, 3.8) is 0 Å². The van der Waals surface area contributed by atoms with Crippen molar-refractivity contribution < 1.29 is 0 Å². The Morgan fingerprint density at radius 2 is 2.07 bits per heavy atom. The summed E-state index contributed by atoms with van der Waals surface area (Å²) < 4.78 is 1.04. The standard InChI is InChI=1S/C11H10BrN3/c12-7-1-2-9-8(5-7)10(15-6-14-9)11(13)3-4-11/h1-2,5-6H,3-4,13H2. The number of fused-ring (bicyclic) bond motifs is 1. The minimum atomic E-state index is -0.206. The van der Waals surface area contributed by atoms with Gasteiger partial charge in [-0.3, -0.25) is 0 Å². The Kier molecular flexibility index (Phi) is 1.85. The van der Waals surface area contributed by atoms with E-state index in [-0.39, 0.29) is 5.54 Å². The number of rotatable bonds is 1. The van der Waals surface area contributed by atoms with E-state index >= 15 is 0 Å². The molecule has 76 valence electrons. The first-order chi connectivity index (χ1) is 7.19. The van der Waals surface area contributed by atoms with E-state index in [1.165, 1.54) is 0 Å². The van der Waals surface area contributed by atoms with Gasteiger partial charge in [-0.2, -0.15) is 0 Å². The normalized spacial score (nSPS) is 18.0. The van der Waals surface area contributed by atoms with Gasteiger partial charge in [-0.05, 0) is 31.0 Å². The average Bonchev–Trinajstić information content (AvgIpc) is 2.96. The Labute approximate surface area is 95.8 Å². The predicted octanol–water partition coefficient (Wildman–Crippen LogP) is 2.34. The van der Waals surface area contributed by atoms with Crippen molar-refractivity contribution in [3.8, 4) is 0 Å². The Balaban J connectivity index is 2.33. The third-order valence-corrected chi connectivity index (χ3v) is 3.35. The molecule has 3 rings (SSSR count). The lowest BCUT2D eigenvalue weighted by atomic mass is 10.1. The van der Waals surface area contributed by atoms with E-state index in [1.54, 1.807) is 6.33 Å². The minimum Gasteiger partial charge on any atom is -0.320 e. The van der Waals surface area contributed by atoms with Gasteiger partial charge in [0.15, 0.2) is 0 Å². The number of benzene rings is 1. The lowest BCUT2D eigenvalue weighted by Gasteiger charge is -2.10. The summed E-state index contributed by atoms with van der Waals surface area (Å²) in [5, 5.41) is 1.06. The third-order valence-electron chi connectivity index (χ3n) is 2.86. The summed E-state index contributed by atoms with van der Waals surface area (Å²) in [4.78, 5) is 8.56. The Morgan fingerprint density at radius 3 is 2.80 bits per heavy atom. The van der Waals surface area contributed by atoms with Crippen LogP contribution in [0.5, 0.6) is 0 Å². The first-order valence-corrected chi connectivity index (χ1v) is 5.68. The van der Waals surface area contributed by atoms with Crippen LogP contribution < -0.4 is 5.73 Å². The van der Waals surface area contributed by atoms with E-state index in [0.717, 1.165) is 33.9 Å². The molecule has 4 heteroatoms. The molecule has 1 aromatic heterocycles. The molecule has 1 heterocycles. The summed E-state index contributed by atoms with van der Waals surface area (Å²) in [5.74, 6) is 0. The summed E-state index contributed by atoms with van der Waals surface area (Å²) in [7, 11) is 0. The number of hydrogen-bond donors (Lipinski definition) is 1. The lowest BCUT2D eigenvalue weighted by Crippen LogP contribution is -2.20. The smallest absolute Gasteiger partial charge is 0.116 e. The van der Waals surface area contributed by atoms with Gasteiger partial charge in [0.25, 0.3) is 0 Å². The molecule has 1 aliphatic carbocycles. The second-order valence-corrected chi connectivity index (χ2v) is 4.96. The van der Waals surface area contributed by atoms with Crippen molar-refractivity contribution in [1.82, 2.24) is 9.97 Å². The molecule has 2 aromatic rings. The minimum absolute atomic E-state index is 0.206. The molecular weight excluding hydrogens is 254 g/mol. The molecule has 0 bridgehead atoms. The fourth-order valence-corrected chi connectivity index (χ4v) is 2.16. The van der Waals surface area contributed by atoms with Gasteiger partial charge in [-0.1, -0.05) is 15.9 Å². The van der Waals surface area contributed by atoms with Gasteiger partial charge in [0, 0.05) is 9.86 Å². The van der Waals surface area contributed by atoms with Gasteiger partial charge >= 0.3 is 0 Å². The van der Waals surface area contributed by atoms with E-state index in [4.69, 9.17) is 5.73 Å². The van der Waals surface area contributed by atoms with Crippen molar-refractivity contribution in [2.24, 2.45) is 5.73 Å². The Morgan fingerprint density at radius 1 is 1.27 bits per heavy atom. The maximum atomic E-state index is 6.18. The van der Waals surface area contributed by atoms with Crippen molar-refractivity contribution >= 4 is 26.8 Å². The van der Waals surface area contributed by atoms with E-state index in [9.17, 15) is 0 Å². The molecule has 1 aliphatic rings. The van der Waals surface area contributed by atoms with Crippen LogP contribution in [0.2, 0.25) is 0 Å². The van der Waals surface area contributed by atoms with Crippen molar-refractivity contribution in [2.45, 2.75) is 18.4 Å². The lowest BCUT2D eigenvalue weighted by molar-refractivity contribution is 0.714. The van der Waals surface area contributed by atoms with Crippen LogP contribution in [0.15, 0.2) is 29.0 Å². The van der Waals surface area contributed by atoms with Gasteiger partial charge in [-0.25, -0.2) is 9.97 Å². The van der Waals surface area contributed by atoms with E-state index in [1.807, 2.05) is 18.2 Å². The Hall–Kier alpha value is -1.000. The molecule has 0 spiro atoms. The topological polar surface area (TPSA) is 51.8 Å². The highest BCUT2D eigenvalue weighted by Crippen LogP contribution is 2.44. The number of halogens is 1. The zero-order chi connectivity index (χ0) is 10.5. The zero-order valence-corrected chi connectivity index (χ0v) is 9.66. The molecule has 0 amide bonds. The van der Waals surface area contributed by atoms with Crippen molar-refractivity contribution in [3.05, 3.63) is 34.7 Å². The molecule has 1 aromatic carbocycles. The molecule has 0 aliphatic heterocycles. The van der Waals surface area contributed by atoms with Crippen molar-refractivity contribution in [2.75, 3.05) is 0 Å². The highest BCUT2D eigenvalue weighted by molar-refractivity contribution is 9.10. The SMILES string of the molecule is NC1(c2ncnc3ccc(Br)cc23)CC1. The molecule has 1 fully saturated rings. The van der Waals surface area contributed by atoms with Gasteiger partial charge in [0.2, 0.25) is 0 Å². The van der Waals surface area contributed by atoms with E-state index in [2.05, 4.69) is 25.9 Å². The molecule has 0 unspecified atom stereocenters. The average molecular weight is 264 g/mol. The first-order valence-electron chi connectivity index (χ1n) is 4.89. The molecule has 3 nitrogen and oxygen atoms in total. The second-order valence-electron chi connectivity index (χ2n) is 4.04. The number of aromatic nitrogens is 2. The zero-order valence-electron chi connectivity index (χ0n) is 8.07. The van der Waals surface area contributed by atoms with Crippen LogP contribution in [-0.2, 0) is 5.54 Å². The van der Waals surface area contributed by atoms with Crippen LogP contribution in [0.3, 0.4) is 0 Å². The first kappa shape index (κ1) is 9.24. The van der Waals surface area contributed by atoms with Crippen LogP contribution in [0.1, 0.15) is 18.5 Å². The summed E-state index contributed by atoms with van der Waals surface area (Å²) in [6.45, 7) is 0. The fourth-order valence-electron chi connectivity index (χ4n) is 1.80. The number of nitrogens with zero attached hydrogens (tertiary/aromatic N) is 2. The fraction of sp³-hybridized carbons (Fsp3) is 0.273. The van der Waals surface area contributed by atoms with Gasteiger partial charge in [0.1, 0.15) is 6.33 Å². The number of hydrogen-bond acceptors (Lipinski definition) is 3. The van der Waals surface area contributed by atoms with Crippen LogP contribution in [0.25, 0.3) is 10.9 Å². The largest absolute Gasteiger partial charge is 0.320 e. The third kappa shape index (κ3) is 1.44. The van der Waals surface area contributed by atoms with E-state index < -0.39 is 0 Å². The highest BCUT2D eigenvalue weighted by Gasteiger charge is 2.42. The second kappa shape index (κ2) is 3.00. The Bertz CT molecular complexity index is 534. The van der Waals surface area contributed by atoms with Gasteiger partial charge < -0.3 is 5.73 Å². The molecule has 0 radical (unpaired) electrons. The van der Waals surface area contributed by atoms with Crippen molar-refractivity contribution in [1.29, 1.82) is 0 Å². The highest BCUT2D eigenvalue weighted by atomic mass is 79.9. The molecule has 15 heavy (non-hydrogen) atoms. The summed E-state index contributed by atoms with van der Waals surface area (Å²) >= 11 is 3.46.